The average Bonchev–Trinajstić information content (AvgIpc) is 2.69. The van der Waals surface area contributed by atoms with E-state index in [-0.39, 0.29) is 0 Å². The van der Waals surface area contributed by atoms with Crippen LogP contribution >= 0.6 is 11.6 Å². The second kappa shape index (κ2) is 4.04. The van der Waals surface area contributed by atoms with E-state index < -0.39 is 0 Å². The van der Waals surface area contributed by atoms with Crippen LogP contribution in [0.15, 0.2) is 30.3 Å². The van der Waals surface area contributed by atoms with Crippen molar-refractivity contribution in [3.63, 3.8) is 0 Å². The Bertz CT molecular complexity index is 685. The fourth-order valence-corrected chi connectivity index (χ4v) is 2.51. The topological polar surface area (TPSA) is 28.7 Å². The maximum atomic E-state index is 6.09. The van der Waals surface area contributed by atoms with E-state index in [9.17, 15) is 0 Å². The molecule has 2 nitrogen and oxygen atoms in total. The number of nitrogens with zero attached hydrogens (tertiary/aromatic N) is 1. The van der Waals surface area contributed by atoms with Gasteiger partial charge in [0.15, 0.2) is 0 Å². The molecule has 1 aromatic carbocycles. The molecule has 0 unspecified atom stereocenters. The van der Waals surface area contributed by atoms with Crippen LogP contribution in [0.4, 0.5) is 0 Å². The predicted octanol–water partition coefficient (Wildman–Crippen LogP) is 4.32. The molecule has 0 atom stereocenters. The molecule has 0 radical (unpaired) electrons. The molecule has 3 heteroatoms. The first-order chi connectivity index (χ1) is 8.29. The van der Waals surface area contributed by atoms with Gasteiger partial charge in [0.2, 0.25) is 0 Å². The van der Waals surface area contributed by atoms with E-state index in [1.807, 2.05) is 18.2 Å². The zero-order chi connectivity index (χ0) is 11.8. The molecule has 0 aliphatic rings. The molecule has 0 saturated carbocycles. The summed E-state index contributed by atoms with van der Waals surface area (Å²) in [7, 11) is 0. The quantitative estimate of drug-likeness (QED) is 0.668. The Hall–Kier alpha value is -1.54. The molecular formula is C14H13ClN2. The molecule has 3 aromatic rings. The van der Waals surface area contributed by atoms with E-state index in [4.69, 9.17) is 11.6 Å². The van der Waals surface area contributed by atoms with Gasteiger partial charge in [0.05, 0.1) is 11.2 Å². The zero-order valence-electron chi connectivity index (χ0n) is 9.63. The monoisotopic (exact) mass is 244 g/mol. The fraction of sp³-hybridized carbons (Fsp3) is 0.214. The second-order valence-electron chi connectivity index (χ2n) is 4.23. The van der Waals surface area contributed by atoms with Crippen LogP contribution in [0, 0.1) is 0 Å². The summed E-state index contributed by atoms with van der Waals surface area (Å²) >= 11 is 6.09. The van der Waals surface area contributed by atoms with Crippen molar-refractivity contribution in [3.8, 4) is 0 Å². The highest BCUT2D eigenvalue weighted by molar-refractivity contribution is 6.30. The first kappa shape index (κ1) is 10.6. The predicted molar refractivity (Wildman–Crippen MR) is 72.6 cm³/mol. The van der Waals surface area contributed by atoms with E-state index in [2.05, 4.69) is 29.0 Å². The smallest absolute Gasteiger partial charge is 0.130 e. The summed E-state index contributed by atoms with van der Waals surface area (Å²) in [6, 6.07) is 10.2. The van der Waals surface area contributed by atoms with Gasteiger partial charge >= 0.3 is 0 Å². The molecule has 86 valence electrons. The normalized spacial score (nSPS) is 11.4. The van der Waals surface area contributed by atoms with Crippen LogP contribution in [0.2, 0.25) is 5.15 Å². The van der Waals surface area contributed by atoms with Gasteiger partial charge in [-0.25, -0.2) is 4.98 Å². The van der Waals surface area contributed by atoms with Gasteiger partial charge < -0.3 is 4.98 Å². The Kier molecular flexibility index (Phi) is 2.52. The van der Waals surface area contributed by atoms with Crippen molar-refractivity contribution in [2.45, 2.75) is 19.8 Å². The van der Waals surface area contributed by atoms with E-state index in [1.165, 1.54) is 10.8 Å². The number of hydrogen-bond donors (Lipinski definition) is 1. The lowest BCUT2D eigenvalue weighted by molar-refractivity contribution is 0.891. The number of nitrogens with one attached hydrogen (secondary N) is 1. The molecule has 0 fully saturated rings. The number of pyridine rings is 1. The number of fused-ring (bicyclic) bond motifs is 3. The van der Waals surface area contributed by atoms with Crippen molar-refractivity contribution in [1.29, 1.82) is 0 Å². The van der Waals surface area contributed by atoms with Crippen LogP contribution in [-0.2, 0) is 6.42 Å². The fourth-order valence-electron chi connectivity index (χ4n) is 2.30. The first-order valence-corrected chi connectivity index (χ1v) is 6.23. The van der Waals surface area contributed by atoms with Crippen LogP contribution in [0.3, 0.4) is 0 Å². The molecule has 0 aliphatic carbocycles. The molecule has 2 heterocycles. The number of benzene rings is 1. The Labute approximate surface area is 105 Å². The molecule has 0 spiro atoms. The SMILES string of the molecule is CCCc1nc(Cl)cc2c1[nH]c1ccccc12. The van der Waals surface area contributed by atoms with E-state index >= 15 is 0 Å². The molecule has 3 rings (SSSR count). The van der Waals surface area contributed by atoms with Crippen molar-refractivity contribution in [1.82, 2.24) is 9.97 Å². The van der Waals surface area contributed by atoms with Gasteiger partial charge in [0, 0.05) is 16.3 Å². The summed E-state index contributed by atoms with van der Waals surface area (Å²) in [4.78, 5) is 7.86. The Balaban J connectivity index is 2.42. The number of aromatic amines is 1. The van der Waals surface area contributed by atoms with Crippen molar-refractivity contribution < 1.29 is 0 Å². The third-order valence-electron chi connectivity index (χ3n) is 3.03. The summed E-state index contributed by atoms with van der Waals surface area (Å²) in [6.07, 6.45) is 2.02. The highest BCUT2D eigenvalue weighted by Crippen LogP contribution is 2.29. The summed E-state index contributed by atoms with van der Waals surface area (Å²) in [5.41, 5.74) is 3.33. The summed E-state index contributed by atoms with van der Waals surface area (Å²) in [6.45, 7) is 2.15. The number of aromatic nitrogens is 2. The average molecular weight is 245 g/mol. The van der Waals surface area contributed by atoms with Gasteiger partial charge in [-0.3, -0.25) is 0 Å². The molecule has 0 aliphatic heterocycles. The second-order valence-corrected chi connectivity index (χ2v) is 4.62. The van der Waals surface area contributed by atoms with E-state index in [0.29, 0.717) is 5.15 Å². The minimum atomic E-state index is 0.575. The number of H-pyrrole nitrogens is 1. The van der Waals surface area contributed by atoms with Crippen molar-refractivity contribution in [2.75, 3.05) is 0 Å². The lowest BCUT2D eigenvalue weighted by Crippen LogP contribution is -1.91. The zero-order valence-corrected chi connectivity index (χ0v) is 10.4. The Morgan fingerprint density at radius 1 is 1.24 bits per heavy atom. The number of halogens is 1. The third-order valence-corrected chi connectivity index (χ3v) is 3.22. The van der Waals surface area contributed by atoms with Crippen LogP contribution in [0.1, 0.15) is 19.0 Å². The number of hydrogen-bond acceptors (Lipinski definition) is 1. The summed E-state index contributed by atoms with van der Waals surface area (Å²) < 4.78 is 0. The Morgan fingerprint density at radius 3 is 2.88 bits per heavy atom. The van der Waals surface area contributed by atoms with Gasteiger partial charge in [-0.2, -0.15) is 0 Å². The molecule has 2 aromatic heterocycles. The largest absolute Gasteiger partial charge is 0.353 e. The first-order valence-electron chi connectivity index (χ1n) is 5.85. The maximum Gasteiger partial charge on any atom is 0.130 e. The summed E-state index contributed by atoms with van der Waals surface area (Å²) in [5, 5.41) is 2.96. The minimum absolute atomic E-state index is 0.575. The molecule has 0 amide bonds. The van der Waals surface area contributed by atoms with Crippen molar-refractivity contribution >= 4 is 33.4 Å². The standard InChI is InChI=1S/C14H13ClN2/c1-2-5-12-14-10(8-13(15)16-12)9-6-3-4-7-11(9)17-14/h3-4,6-8,17H,2,5H2,1H3. The summed E-state index contributed by atoms with van der Waals surface area (Å²) in [5.74, 6) is 0. The number of aryl methyl sites for hydroxylation is 1. The number of rotatable bonds is 2. The van der Waals surface area contributed by atoms with Crippen molar-refractivity contribution in [3.05, 3.63) is 41.2 Å². The van der Waals surface area contributed by atoms with E-state index in [0.717, 1.165) is 29.6 Å². The lowest BCUT2D eigenvalue weighted by Gasteiger charge is -2.01. The van der Waals surface area contributed by atoms with Gasteiger partial charge in [-0.05, 0) is 18.6 Å². The van der Waals surface area contributed by atoms with Crippen LogP contribution in [0.25, 0.3) is 21.8 Å². The van der Waals surface area contributed by atoms with Gasteiger partial charge in [0.1, 0.15) is 5.15 Å². The van der Waals surface area contributed by atoms with Crippen LogP contribution in [0.5, 0.6) is 0 Å². The highest BCUT2D eigenvalue weighted by Gasteiger charge is 2.09. The molecule has 0 saturated heterocycles. The maximum absolute atomic E-state index is 6.09. The molecule has 0 bridgehead atoms. The van der Waals surface area contributed by atoms with Crippen LogP contribution in [-0.4, -0.2) is 9.97 Å². The lowest BCUT2D eigenvalue weighted by atomic mass is 10.1. The van der Waals surface area contributed by atoms with Gasteiger partial charge in [-0.15, -0.1) is 0 Å². The van der Waals surface area contributed by atoms with Crippen LogP contribution < -0.4 is 0 Å². The van der Waals surface area contributed by atoms with Gasteiger partial charge in [-0.1, -0.05) is 43.1 Å². The third kappa shape index (κ3) is 1.69. The van der Waals surface area contributed by atoms with Gasteiger partial charge in [0.25, 0.3) is 0 Å². The molecule has 1 N–H and O–H groups in total. The minimum Gasteiger partial charge on any atom is -0.353 e. The van der Waals surface area contributed by atoms with Crippen molar-refractivity contribution in [2.24, 2.45) is 0 Å². The molecular weight excluding hydrogens is 232 g/mol. The highest BCUT2D eigenvalue weighted by atomic mass is 35.5. The Morgan fingerprint density at radius 2 is 2.06 bits per heavy atom. The van der Waals surface area contributed by atoms with E-state index in [1.54, 1.807) is 0 Å². The molecule has 17 heavy (non-hydrogen) atoms. The number of para-hydroxylation sites is 1.